The molecule has 0 atom stereocenters. The second-order valence-corrected chi connectivity index (χ2v) is 6.34. The van der Waals surface area contributed by atoms with Crippen LogP contribution in [0.25, 0.3) is 0 Å². The van der Waals surface area contributed by atoms with E-state index >= 15 is 0 Å². The number of hydrogen-bond donors (Lipinski definition) is 1. The lowest BCUT2D eigenvalue weighted by Crippen LogP contribution is -2.00. The van der Waals surface area contributed by atoms with E-state index < -0.39 is 0 Å². The Kier molecular flexibility index (Phi) is 11.7. The summed E-state index contributed by atoms with van der Waals surface area (Å²) in [5, 5.41) is 8.51. The Morgan fingerprint density at radius 2 is 1.29 bits per heavy atom. The van der Waals surface area contributed by atoms with Gasteiger partial charge in [-0.3, -0.25) is 9.59 Å². The van der Waals surface area contributed by atoms with E-state index in [9.17, 15) is 9.59 Å². The van der Waals surface area contributed by atoms with Gasteiger partial charge in [-0.1, -0.05) is 43.3 Å². The number of hydrogen-bond acceptors (Lipinski definition) is 5. The van der Waals surface area contributed by atoms with Gasteiger partial charge in [0.2, 0.25) is 0 Å². The molecule has 2 rings (SSSR count). The fourth-order valence-corrected chi connectivity index (χ4v) is 2.35. The van der Waals surface area contributed by atoms with Crippen LogP contribution < -0.4 is 0 Å². The Balaban J connectivity index is 0.000000280. The first-order valence-corrected chi connectivity index (χ1v) is 9.44. The second-order valence-electron chi connectivity index (χ2n) is 6.34. The molecule has 0 spiro atoms. The molecule has 0 fully saturated rings. The lowest BCUT2D eigenvalue weighted by molar-refractivity contribution is 0.0814. The van der Waals surface area contributed by atoms with Crippen molar-refractivity contribution in [1.82, 2.24) is 0 Å². The average Bonchev–Trinajstić information content (AvgIpc) is 2.69. The molecule has 0 aliphatic rings. The number of carbonyl (C=O) groups excluding carboxylic acids is 2. The molecule has 0 radical (unpaired) electrons. The van der Waals surface area contributed by atoms with Crippen molar-refractivity contribution in [3.63, 3.8) is 0 Å². The van der Waals surface area contributed by atoms with Crippen molar-refractivity contribution in [3.8, 4) is 0 Å². The molecule has 2 aromatic rings. The summed E-state index contributed by atoms with van der Waals surface area (Å²) in [6, 6.07) is 14.9. The lowest BCUT2D eigenvalue weighted by Gasteiger charge is -2.03. The number of ether oxygens (including phenoxy) is 2. The number of carbonyl (C=O) groups is 2. The molecule has 0 saturated carbocycles. The molecule has 0 heterocycles. The SMILES string of the molecule is CC(=O)c1cccc(COCCO)c1.CCCOCc1cccc(C(C)=O)c1. The van der Waals surface area contributed by atoms with Crippen LogP contribution in [0.1, 0.15) is 59.0 Å². The van der Waals surface area contributed by atoms with Gasteiger partial charge in [-0.25, -0.2) is 0 Å². The number of Topliss-reactive ketones (excluding diaryl/α,β-unsaturated/α-hetero) is 2. The Labute approximate surface area is 167 Å². The maximum atomic E-state index is 11.1. The summed E-state index contributed by atoms with van der Waals surface area (Å²) >= 11 is 0. The summed E-state index contributed by atoms with van der Waals surface area (Å²) in [5.74, 6) is 0.149. The smallest absolute Gasteiger partial charge is 0.159 e. The third-order valence-corrected chi connectivity index (χ3v) is 3.79. The van der Waals surface area contributed by atoms with E-state index in [1.807, 2.05) is 36.4 Å². The first kappa shape index (κ1) is 23.7. The minimum absolute atomic E-state index is 0.0202. The van der Waals surface area contributed by atoms with Gasteiger partial charge in [0.05, 0.1) is 26.4 Å². The molecular formula is C23H30O5. The zero-order valence-corrected chi connectivity index (χ0v) is 16.9. The van der Waals surface area contributed by atoms with Gasteiger partial charge >= 0.3 is 0 Å². The van der Waals surface area contributed by atoms with Crippen LogP contribution in [0, 0.1) is 0 Å². The zero-order valence-electron chi connectivity index (χ0n) is 16.9. The van der Waals surface area contributed by atoms with Crippen molar-refractivity contribution >= 4 is 11.6 Å². The number of rotatable bonds is 10. The molecule has 152 valence electrons. The molecule has 0 aliphatic carbocycles. The Bertz CT molecular complexity index is 676. The molecule has 0 amide bonds. The van der Waals surface area contributed by atoms with Gasteiger partial charge in [0.1, 0.15) is 0 Å². The molecule has 2 aromatic carbocycles. The predicted molar refractivity (Wildman–Crippen MR) is 110 cm³/mol. The predicted octanol–water partition coefficient (Wildman–Crippen LogP) is 4.21. The zero-order chi connectivity index (χ0) is 20.8. The molecule has 0 aromatic heterocycles. The van der Waals surface area contributed by atoms with Gasteiger partial charge < -0.3 is 14.6 Å². The third kappa shape index (κ3) is 9.55. The molecule has 5 nitrogen and oxygen atoms in total. The van der Waals surface area contributed by atoms with Crippen molar-refractivity contribution in [3.05, 3.63) is 70.8 Å². The van der Waals surface area contributed by atoms with E-state index in [1.54, 1.807) is 19.1 Å². The average molecular weight is 386 g/mol. The molecular weight excluding hydrogens is 356 g/mol. The van der Waals surface area contributed by atoms with Crippen molar-refractivity contribution < 1.29 is 24.2 Å². The highest BCUT2D eigenvalue weighted by Crippen LogP contribution is 2.08. The maximum absolute atomic E-state index is 11.1. The van der Waals surface area contributed by atoms with E-state index in [4.69, 9.17) is 14.6 Å². The van der Waals surface area contributed by atoms with Crippen LogP contribution in [0.2, 0.25) is 0 Å². The molecule has 0 saturated heterocycles. The lowest BCUT2D eigenvalue weighted by atomic mass is 10.1. The second kappa shape index (κ2) is 13.8. The summed E-state index contributed by atoms with van der Waals surface area (Å²) in [5.41, 5.74) is 3.45. The molecule has 28 heavy (non-hydrogen) atoms. The van der Waals surface area contributed by atoms with Crippen molar-refractivity contribution in [1.29, 1.82) is 0 Å². The summed E-state index contributed by atoms with van der Waals surface area (Å²) in [7, 11) is 0. The van der Waals surface area contributed by atoms with Gasteiger partial charge in [-0.2, -0.15) is 0 Å². The quantitative estimate of drug-likeness (QED) is 0.489. The highest BCUT2D eigenvalue weighted by Gasteiger charge is 2.01. The molecule has 0 bridgehead atoms. The van der Waals surface area contributed by atoms with E-state index in [1.165, 1.54) is 6.92 Å². The Morgan fingerprint density at radius 3 is 1.68 bits per heavy atom. The molecule has 0 aliphatic heterocycles. The van der Waals surface area contributed by atoms with Gasteiger partial charge in [0, 0.05) is 17.7 Å². The van der Waals surface area contributed by atoms with E-state index in [0.29, 0.717) is 25.4 Å². The summed E-state index contributed by atoms with van der Waals surface area (Å²) in [4.78, 5) is 22.1. The van der Waals surface area contributed by atoms with Crippen LogP contribution in [-0.2, 0) is 22.7 Å². The Hall–Kier alpha value is -2.34. The summed E-state index contributed by atoms with van der Waals surface area (Å²) in [6.07, 6.45) is 1.02. The minimum Gasteiger partial charge on any atom is -0.394 e. The third-order valence-electron chi connectivity index (χ3n) is 3.79. The maximum Gasteiger partial charge on any atom is 0.159 e. The number of aliphatic hydroxyl groups excluding tert-OH is 1. The first-order valence-electron chi connectivity index (χ1n) is 9.44. The van der Waals surface area contributed by atoms with Gasteiger partial charge in [-0.15, -0.1) is 0 Å². The monoisotopic (exact) mass is 386 g/mol. The van der Waals surface area contributed by atoms with Crippen LogP contribution in [0.3, 0.4) is 0 Å². The van der Waals surface area contributed by atoms with Gasteiger partial charge in [0.15, 0.2) is 11.6 Å². The molecule has 5 heteroatoms. The molecule has 1 N–H and O–H groups in total. The number of aliphatic hydroxyl groups is 1. The van der Waals surface area contributed by atoms with Crippen LogP contribution in [-0.4, -0.2) is 36.5 Å². The standard InChI is InChI=1S/C12H16O2.C11H14O3/c1-3-7-14-9-11-5-4-6-12(8-11)10(2)13;1-9(13)11-4-2-3-10(7-11)8-14-6-5-12/h4-6,8H,3,7,9H2,1-2H3;2-4,7,12H,5-6,8H2,1H3. The fraction of sp³-hybridized carbons (Fsp3) is 0.391. The fourth-order valence-electron chi connectivity index (χ4n) is 2.35. The Morgan fingerprint density at radius 1 is 0.821 bits per heavy atom. The van der Waals surface area contributed by atoms with E-state index in [-0.39, 0.29) is 18.2 Å². The molecule has 0 unspecified atom stereocenters. The van der Waals surface area contributed by atoms with Crippen LogP contribution in [0.4, 0.5) is 0 Å². The van der Waals surface area contributed by atoms with Crippen LogP contribution in [0.15, 0.2) is 48.5 Å². The van der Waals surface area contributed by atoms with Gasteiger partial charge in [0.25, 0.3) is 0 Å². The van der Waals surface area contributed by atoms with Crippen LogP contribution in [0.5, 0.6) is 0 Å². The normalized spacial score (nSPS) is 10.1. The number of benzene rings is 2. The summed E-state index contributed by atoms with van der Waals surface area (Å²) in [6.45, 7) is 7.32. The first-order chi connectivity index (χ1) is 13.5. The highest BCUT2D eigenvalue weighted by atomic mass is 16.5. The minimum atomic E-state index is 0.0202. The van der Waals surface area contributed by atoms with Crippen molar-refractivity contribution in [2.45, 2.75) is 40.4 Å². The van der Waals surface area contributed by atoms with Crippen molar-refractivity contribution in [2.75, 3.05) is 19.8 Å². The number of ketones is 2. The highest BCUT2D eigenvalue weighted by molar-refractivity contribution is 5.94. The largest absolute Gasteiger partial charge is 0.394 e. The van der Waals surface area contributed by atoms with E-state index in [2.05, 4.69) is 6.92 Å². The topological polar surface area (TPSA) is 72.8 Å². The van der Waals surface area contributed by atoms with Gasteiger partial charge in [-0.05, 0) is 43.5 Å². The van der Waals surface area contributed by atoms with Crippen LogP contribution >= 0.6 is 0 Å². The van der Waals surface area contributed by atoms with E-state index in [0.717, 1.165) is 29.7 Å². The van der Waals surface area contributed by atoms with Crippen molar-refractivity contribution in [2.24, 2.45) is 0 Å². The summed E-state index contributed by atoms with van der Waals surface area (Å²) < 4.78 is 10.5.